The molecule has 1 heterocycles. The molecule has 5 N–H and O–H groups in total. The number of ether oxygens (including phenoxy) is 3. The summed E-state index contributed by atoms with van der Waals surface area (Å²) in [6.45, 7) is 2.55. The predicted molar refractivity (Wildman–Crippen MR) is 147 cm³/mol. The highest BCUT2D eigenvalue weighted by atomic mass is 16.6. The summed E-state index contributed by atoms with van der Waals surface area (Å²) in [6, 6.07) is 3.78. The fraction of sp³-hybridized carbons (Fsp3) is 0.520. The molecule has 0 bridgehead atoms. The number of aliphatic carboxylic acids is 2. The summed E-state index contributed by atoms with van der Waals surface area (Å²) >= 11 is 0. The molecule has 2 rings (SSSR count). The van der Waals surface area contributed by atoms with Gasteiger partial charge in [0.2, 0.25) is 0 Å². The number of benzene rings is 1. The van der Waals surface area contributed by atoms with E-state index in [4.69, 9.17) is 24.4 Å². The van der Waals surface area contributed by atoms with Crippen molar-refractivity contribution in [2.24, 2.45) is 0 Å². The maximum atomic E-state index is 12.1. The molecule has 0 aliphatic carbocycles. The van der Waals surface area contributed by atoms with E-state index < -0.39 is 41.6 Å². The smallest absolute Gasteiger partial charge is 0.326 e. The highest BCUT2D eigenvalue weighted by Crippen LogP contribution is 2.15. The van der Waals surface area contributed by atoms with Gasteiger partial charge in [-0.3, -0.25) is 24.4 Å². The Morgan fingerprint density at radius 1 is 1.05 bits per heavy atom. The molecule has 0 unspecified atom stereocenters. The largest absolute Gasteiger partial charge is 0.481 e. The van der Waals surface area contributed by atoms with E-state index in [0.29, 0.717) is 51.4 Å². The average Bonchev–Trinajstić information content (AvgIpc) is 3.42. The first-order chi connectivity index (χ1) is 20.7. The standard InChI is InChI=1S/C25H35N7O11/c33-17-43-22(28-25(38)27-21(24(36)37)8-9-23(34)35)3-1-2-11-31-15-19(29-30-31)16-42-14-13-41-12-10-26-18-4-6-20(7-5-18)32(39)40/h4-7,15,17,21-22,26H,1-3,8-14,16H2,(H,34,35)(H,36,37)(H2,27,28,38)/t21-,22+/m0/s1. The number of carboxylic acid groups (broad SMARTS) is 2. The van der Waals surface area contributed by atoms with E-state index in [0.717, 1.165) is 5.69 Å². The van der Waals surface area contributed by atoms with Crippen LogP contribution in [0.15, 0.2) is 30.5 Å². The van der Waals surface area contributed by atoms with Gasteiger partial charge in [0.1, 0.15) is 11.7 Å². The van der Waals surface area contributed by atoms with E-state index in [-0.39, 0.29) is 31.6 Å². The average molecular weight is 610 g/mol. The zero-order valence-corrected chi connectivity index (χ0v) is 23.3. The normalized spacial score (nSPS) is 12.1. The van der Waals surface area contributed by atoms with Crippen LogP contribution in [0.5, 0.6) is 0 Å². The maximum Gasteiger partial charge on any atom is 0.326 e. The van der Waals surface area contributed by atoms with Gasteiger partial charge in [-0.05, 0) is 31.4 Å². The topological polar surface area (TPSA) is 246 Å². The van der Waals surface area contributed by atoms with Crippen molar-refractivity contribution in [3.8, 4) is 0 Å². The van der Waals surface area contributed by atoms with Crippen LogP contribution in [0.1, 0.15) is 37.8 Å². The molecule has 236 valence electrons. The number of hydrogen-bond acceptors (Lipinski definition) is 12. The fourth-order valence-electron chi connectivity index (χ4n) is 3.60. The van der Waals surface area contributed by atoms with Gasteiger partial charge in [0.05, 0.1) is 37.5 Å². The second kappa shape index (κ2) is 19.3. The summed E-state index contributed by atoms with van der Waals surface area (Å²) in [6.07, 6.45) is 1.33. The van der Waals surface area contributed by atoms with Gasteiger partial charge in [-0.1, -0.05) is 5.21 Å². The number of carbonyl (C=O) groups excluding carboxylic acids is 2. The number of unbranched alkanes of at least 4 members (excludes halogenated alkanes) is 1. The molecule has 0 saturated carbocycles. The van der Waals surface area contributed by atoms with Crippen molar-refractivity contribution in [2.75, 3.05) is 31.7 Å². The number of nitro groups is 1. The third-order valence-corrected chi connectivity index (χ3v) is 5.73. The highest BCUT2D eigenvalue weighted by molar-refractivity contribution is 5.83. The monoisotopic (exact) mass is 609 g/mol. The number of aryl methyl sites for hydroxylation is 1. The third-order valence-electron chi connectivity index (χ3n) is 5.73. The van der Waals surface area contributed by atoms with Crippen LogP contribution in [0.3, 0.4) is 0 Å². The van der Waals surface area contributed by atoms with Crippen LogP contribution in [0.4, 0.5) is 16.2 Å². The van der Waals surface area contributed by atoms with Crippen molar-refractivity contribution in [1.82, 2.24) is 25.6 Å². The molecule has 2 amide bonds. The summed E-state index contributed by atoms with van der Waals surface area (Å²) in [7, 11) is 0. The number of nitro benzene ring substituents is 1. The Balaban J connectivity index is 1.57. The van der Waals surface area contributed by atoms with Crippen molar-refractivity contribution in [2.45, 2.75) is 57.5 Å². The van der Waals surface area contributed by atoms with Crippen molar-refractivity contribution < 1.29 is 48.5 Å². The molecule has 0 spiro atoms. The molecule has 2 atom stereocenters. The summed E-state index contributed by atoms with van der Waals surface area (Å²) in [4.78, 5) is 55.0. The number of nitrogens with zero attached hydrogens (tertiary/aromatic N) is 4. The minimum Gasteiger partial charge on any atom is -0.481 e. The van der Waals surface area contributed by atoms with Crippen LogP contribution in [0, 0.1) is 10.1 Å². The van der Waals surface area contributed by atoms with E-state index in [1.165, 1.54) is 12.1 Å². The summed E-state index contributed by atoms with van der Waals surface area (Å²) in [5, 5.41) is 44.2. The van der Waals surface area contributed by atoms with Crippen molar-refractivity contribution >= 4 is 35.8 Å². The lowest BCUT2D eigenvalue weighted by Crippen LogP contribution is -2.49. The van der Waals surface area contributed by atoms with E-state index in [9.17, 15) is 29.3 Å². The molecular weight excluding hydrogens is 574 g/mol. The fourth-order valence-corrected chi connectivity index (χ4v) is 3.60. The number of aromatic nitrogens is 3. The first-order valence-electron chi connectivity index (χ1n) is 13.3. The van der Waals surface area contributed by atoms with Gasteiger partial charge in [-0.15, -0.1) is 5.10 Å². The lowest BCUT2D eigenvalue weighted by molar-refractivity contribution is -0.384. The molecule has 0 saturated heterocycles. The number of carboxylic acids is 2. The SMILES string of the molecule is O=CO[C@H](CCCCn1cc(COCCOCCNc2ccc([N+](=O)[O-])cc2)nn1)NC(=O)N[C@@H](CCC(=O)O)C(=O)O. The molecule has 1 aromatic heterocycles. The van der Waals surface area contributed by atoms with E-state index in [1.54, 1.807) is 23.0 Å². The van der Waals surface area contributed by atoms with Gasteiger partial charge in [-0.2, -0.15) is 0 Å². The number of carbonyl (C=O) groups is 4. The maximum absolute atomic E-state index is 12.1. The quantitative estimate of drug-likeness (QED) is 0.0389. The Bertz CT molecular complexity index is 1180. The molecule has 18 nitrogen and oxygen atoms in total. The number of non-ortho nitro benzene ring substituents is 1. The number of nitrogens with one attached hydrogen (secondary N) is 3. The Labute approximate surface area is 245 Å². The van der Waals surface area contributed by atoms with Crippen LogP contribution in [-0.2, 0) is 41.7 Å². The highest BCUT2D eigenvalue weighted by Gasteiger charge is 2.22. The molecule has 43 heavy (non-hydrogen) atoms. The van der Waals surface area contributed by atoms with Crippen molar-refractivity contribution in [1.29, 1.82) is 0 Å². The Morgan fingerprint density at radius 2 is 1.79 bits per heavy atom. The van der Waals surface area contributed by atoms with Gasteiger partial charge >= 0.3 is 18.0 Å². The Morgan fingerprint density at radius 3 is 2.47 bits per heavy atom. The van der Waals surface area contributed by atoms with Gasteiger partial charge in [0, 0.05) is 43.8 Å². The second-order valence-electron chi connectivity index (χ2n) is 9.03. The minimum atomic E-state index is -1.41. The van der Waals surface area contributed by atoms with Crippen LogP contribution in [-0.4, -0.2) is 93.2 Å². The summed E-state index contributed by atoms with van der Waals surface area (Å²) < 4.78 is 17.5. The third kappa shape index (κ3) is 14.6. The molecule has 0 radical (unpaired) electrons. The molecule has 2 aromatic rings. The number of amides is 2. The lowest BCUT2D eigenvalue weighted by atomic mass is 10.1. The van der Waals surface area contributed by atoms with Crippen LogP contribution >= 0.6 is 0 Å². The zero-order valence-electron chi connectivity index (χ0n) is 23.3. The van der Waals surface area contributed by atoms with E-state index >= 15 is 0 Å². The van der Waals surface area contributed by atoms with Gasteiger partial charge in [0.25, 0.3) is 12.2 Å². The number of urea groups is 1. The van der Waals surface area contributed by atoms with Crippen LogP contribution < -0.4 is 16.0 Å². The van der Waals surface area contributed by atoms with Crippen LogP contribution in [0.2, 0.25) is 0 Å². The Hall–Kier alpha value is -4.84. The molecule has 18 heteroatoms. The number of hydrogen-bond donors (Lipinski definition) is 5. The van der Waals surface area contributed by atoms with E-state index in [2.05, 4.69) is 26.3 Å². The summed E-state index contributed by atoms with van der Waals surface area (Å²) in [5.74, 6) is -2.58. The first kappa shape index (κ1) is 34.4. The number of anilines is 1. The van der Waals surface area contributed by atoms with E-state index in [1.807, 2.05) is 0 Å². The molecule has 1 aromatic carbocycles. The van der Waals surface area contributed by atoms with Crippen molar-refractivity contribution in [3.05, 3.63) is 46.3 Å². The number of rotatable bonds is 23. The summed E-state index contributed by atoms with van der Waals surface area (Å²) in [5.41, 5.74) is 1.40. The predicted octanol–water partition coefficient (Wildman–Crippen LogP) is 1.12. The molecule has 0 aliphatic heterocycles. The van der Waals surface area contributed by atoms with Crippen molar-refractivity contribution in [3.63, 3.8) is 0 Å². The van der Waals surface area contributed by atoms with Gasteiger partial charge in [-0.25, -0.2) is 9.59 Å². The Kier molecular flexibility index (Phi) is 15.4. The molecule has 0 aliphatic rings. The molecule has 0 fully saturated rings. The zero-order chi connectivity index (χ0) is 31.5. The lowest BCUT2D eigenvalue weighted by Gasteiger charge is -2.19. The van der Waals surface area contributed by atoms with Gasteiger partial charge in [0.15, 0.2) is 6.23 Å². The van der Waals surface area contributed by atoms with Gasteiger partial charge < -0.3 is 40.4 Å². The first-order valence-corrected chi connectivity index (χ1v) is 13.3. The van der Waals surface area contributed by atoms with Crippen LogP contribution in [0.25, 0.3) is 0 Å². The minimum absolute atomic E-state index is 0.0263. The second-order valence-corrected chi connectivity index (χ2v) is 9.03. The molecular formula is C25H35N7O11.